The summed E-state index contributed by atoms with van der Waals surface area (Å²) in [4.78, 5) is 21.7. The fourth-order valence-corrected chi connectivity index (χ4v) is 5.14. The third kappa shape index (κ3) is 5.01. The monoisotopic (exact) mass is 498 g/mol. The van der Waals surface area contributed by atoms with E-state index in [2.05, 4.69) is 25.5 Å². The number of pyridine rings is 1. The largest absolute Gasteiger partial charge is 0.301 e. The highest BCUT2D eigenvalue weighted by Gasteiger charge is 2.23. The molecular weight excluding hydrogens is 476 g/mol. The van der Waals surface area contributed by atoms with Gasteiger partial charge in [-0.05, 0) is 37.6 Å². The number of para-hydroxylation sites is 1. The average molecular weight is 499 g/mol. The van der Waals surface area contributed by atoms with E-state index in [1.54, 1.807) is 12.4 Å². The summed E-state index contributed by atoms with van der Waals surface area (Å²) in [5, 5.41) is 14.6. The first kappa shape index (κ1) is 22.9. The number of thiazole rings is 1. The number of thioether (sulfide) groups is 1. The van der Waals surface area contributed by atoms with E-state index in [4.69, 9.17) is 0 Å². The average Bonchev–Trinajstić information content (AvgIpc) is 3.53. The van der Waals surface area contributed by atoms with Gasteiger partial charge in [-0.1, -0.05) is 60.3 Å². The molecule has 174 valence electrons. The van der Waals surface area contributed by atoms with Crippen molar-refractivity contribution in [3.05, 3.63) is 90.1 Å². The van der Waals surface area contributed by atoms with Crippen LogP contribution in [0, 0.1) is 6.92 Å². The molecule has 0 spiro atoms. The zero-order valence-corrected chi connectivity index (χ0v) is 20.8. The smallest absolute Gasteiger partial charge is 0.239 e. The number of nitrogens with zero attached hydrogens (tertiary/aromatic N) is 5. The molecule has 0 radical (unpaired) electrons. The molecule has 0 aliphatic rings. The Bertz CT molecular complexity index is 1450. The molecule has 5 rings (SSSR count). The van der Waals surface area contributed by atoms with E-state index in [9.17, 15) is 4.79 Å². The van der Waals surface area contributed by atoms with E-state index in [1.165, 1.54) is 23.1 Å². The maximum atomic E-state index is 13.0. The van der Waals surface area contributed by atoms with Crippen LogP contribution in [0.1, 0.15) is 12.5 Å². The highest BCUT2D eigenvalue weighted by molar-refractivity contribution is 8.00. The van der Waals surface area contributed by atoms with Crippen LogP contribution in [0.2, 0.25) is 0 Å². The molecular formula is C26H22N6OS2. The van der Waals surface area contributed by atoms with Crippen molar-refractivity contribution in [2.24, 2.45) is 0 Å². The van der Waals surface area contributed by atoms with Gasteiger partial charge in [-0.25, -0.2) is 4.98 Å². The summed E-state index contributed by atoms with van der Waals surface area (Å²) in [6.45, 7) is 3.90. The number of benzene rings is 2. The number of nitrogens with one attached hydrogen (secondary N) is 1. The van der Waals surface area contributed by atoms with Gasteiger partial charge in [-0.3, -0.25) is 14.3 Å². The minimum Gasteiger partial charge on any atom is -0.301 e. The van der Waals surface area contributed by atoms with Crippen LogP contribution in [-0.2, 0) is 4.79 Å². The molecule has 3 aromatic heterocycles. The number of hydrogen-bond acceptors (Lipinski definition) is 7. The fourth-order valence-electron chi connectivity index (χ4n) is 3.56. The molecule has 1 atom stereocenters. The first-order chi connectivity index (χ1) is 17.1. The van der Waals surface area contributed by atoms with Gasteiger partial charge < -0.3 is 5.32 Å². The lowest BCUT2D eigenvalue weighted by atomic mass is 10.2. The summed E-state index contributed by atoms with van der Waals surface area (Å²) >= 11 is 2.77. The van der Waals surface area contributed by atoms with E-state index in [0.717, 1.165) is 28.1 Å². The number of aryl methyl sites for hydroxylation is 1. The summed E-state index contributed by atoms with van der Waals surface area (Å²) in [5.41, 5.74) is 4.80. The van der Waals surface area contributed by atoms with Crippen LogP contribution in [-0.4, -0.2) is 35.9 Å². The third-order valence-corrected chi connectivity index (χ3v) is 7.18. The van der Waals surface area contributed by atoms with Gasteiger partial charge in [0.15, 0.2) is 16.1 Å². The quantitative estimate of drug-likeness (QED) is 0.282. The molecule has 0 aliphatic heterocycles. The first-order valence-electron chi connectivity index (χ1n) is 11.0. The zero-order chi connectivity index (χ0) is 24.2. The molecule has 0 saturated carbocycles. The molecule has 5 aromatic rings. The van der Waals surface area contributed by atoms with Crippen LogP contribution in [0.5, 0.6) is 0 Å². The maximum Gasteiger partial charge on any atom is 0.239 e. The predicted octanol–water partition coefficient (Wildman–Crippen LogP) is 5.88. The van der Waals surface area contributed by atoms with Gasteiger partial charge in [-0.15, -0.1) is 21.5 Å². The standard InChI is InChI=1S/C26H22N6OS2/c1-17-8-6-7-11-22(17)32-23(20-12-14-27-15-13-20)30-31-26(32)35-18(2)24(33)29-25-28-21(16-34-25)19-9-4-3-5-10-19/h3-16,18H,1-2H3,(H,28,29,33). The number of hydrogen-bond donors (Lipinski definition) is 1. The van der Waals surface area contributed by atoms with Gasteiger partial charge >= 0.3 is 0 Å². The molecule has 1 amide bonds. The second-order valence-electron chi connectivity index (χ2n) is 7.82. The molecule has 0 fully saturated rings. The van der Waals surface area contributed by atoms with Crippen molar-refractivity contribution in [2.75, 3.05) is 5.32 Å². The SMILES string of the molecule is Cc1ccccc1-n1c(SC(C)C(=O)Nc2nc(-c3ccccc3)cs2)nnc1-c1ccncc1. The van der Waals surface area contributed by atoms with Crippen molar-refractivity contribution in [1.82, 2.24) is 24.7 Å². The topological polar surface area (TPSA) is 85.6 Å². The molecule has 3 heterocycles. The van der Waals surface area contributed by atoms with Crippen LogP contribution in [0.15, 0.2) is 89.7 Å². The third-order valence-electron chi connectivity index (χ3n) is 5.38. The number of carbonyl (C=O) groups is 1. The van der Waals surface area contributed by atoms with Crippen LogP contribution < -0.4 is 5.32 Å². The Morgan fingerprint density at radius 1 is 0.971 bits per heavy atom. The van der Waals surface area contributed by atoms with Gasteiger partial charge in [-0.2, -0.15) is 0 Å². The molecule has 2 aromatic carbocycles. The summed E-state index contributed by atoms with van der Waals surface area (Å²) in [5.74, 6) is 0.554. The zero-order valence-electron chi connectivity index (χ0n) is 19.1. The second-order valence-corrected chi connectivity index (χ2v) is 9.98. The first-order valence-corrected chi connectivity index (χ1v) is 12.8. The van der Waals surface area contributed by atoms with Crippen molar-refractivity contribution < 1.29 is 4.79 Å². The number of carbonyl (C=O) groups excluding carboxylic acids is 1. The molecule has 1 unspecified atom stereocenters. The second kappa shape index (κ2) is 10.2. The lowest BCUT2D eigenvalue weighted by molar-refractivity contribution is -0.115. The fraction of sp³-hybridized carbons (Fsp3) is 0.115. The Kier molecular flexibility index (Phi) is 6.69. The Morgan fingerprint density at radius 3 is 2.49 bits per heavy atom. The minimum absolute atomic E-state index is 0.145. The lowest BCUT2D eigenvalue weighted by Crippen LogP contribution is -2.22. The highest BCUT2D eigenvalue weighted by atomic mass is 32.2. The molecule has 35 heavy (non-hydrogen) atoms. The molecule has 9 heteroatoms. The number of anilines is 1. The maximum absolute atomic E-state index is 13.0. The summed E-state index contributed by atoms with van der Waals surface area (Å²) in [6.07, 6.45) is 3.46. The Labute approximate surface area is 211 Å². The van der Waals surface area contributed by atoms with Crippen molar-refractivity contribution in [3.63, 3.8) is 0 Å². The highest BCUT2D eigenvalue weighted by Crippen LogP contribution is 2.32. The van der Waals surface area contributed by atoms with Crippen LogP contribution in [0.3, 0.4) is 0 Å². The number of aromatic nitrogens is 5. The minimum atomic E-state index is -0.420. The summed E-state index contributed by atoms with van der Waals surface area (Å²) < 4.78 is 2.00. The van der Waals surface area contributed by atoms with E-state index in [-0.39, 0.29) is 5.91 Å². The van der Waals surface area contributed by atoms with Crippen molar-refractivity contribution in [2.45, 2.75) is 24.3 Å². The Balaban J connectivity index is 1.39. The van der Waals surface area contributed by atoms with Crippen LogP contribution in [0.4, 0.5) is 5.13 Å². The Hall–Kier alpha value is -3.82. The number of amides is 1. The summed E-state index contributed by atoms with van der Waals surface area (Å²) in [7, 11) is 0. The van der Waals surface area contributed by atoms with Crippen LogP contribution >= 0.6 is 23.1 Å². The summed E-state index contributed by atoms with van der Waals surface area (Å²) in [6, 6.07) is 21.7. The van der Waals surface area contributed by atoms with Crippen LogP contribution in [0.25, 0.3) is 28.3 Å². The van der Waals surface area contributed by atoms with Gasteiger partial charge in [0.1, 0.15) is 0 Å². The van der Waals surface area contributed by atoms with Gasteiger partial charge in [0.05, 0.1) is 16.6 Å². The molecule has 0 bridgehead atoms. The predicted molar refractivity (Wildman–Crippen MR) is 141 cm³/mol. The molecule has 7 nitrogen and oxygen atoms in total. The molecule has 0 saturated heterocycles. The van der Waals surface area contributed by atoms with Gasteiger partial charge in [0.25, 0.3) is 0 Å². The van der Waals surface area contributed by atoms with E-state index < -0.39 is 5.25 Å². The van der Waals surface area contributed by atoms with Gasteiger partial charge in [0, 0.05) is 28.9 Å². The van der Waals surface area contributed by atoms with Crippen molar-refractivity contribution in [3.8, 4) is 28.3 Å². The Morgan fingerprint density at radius 2 is 1.71 bits per heavy atom. The van der Waals surface area contributed by atoms with Gasteiger partial charge in [0.2, 0.25) is 5.91 Å². The molecule has 0 aliphatic carbocycles. The normalized spacial score (nSPS) is 11.8. The van der Waals surface area contributed by atoms with E-state index >= 15 is 0 Å². The number of rotatable bonds is 7. The lowest BCUT2D eigenvalue weighted by Gasteiger charge is -2.15. The van der Waals surface area contributed by atoms with Crippen molar-refractivity contribution in [1.29, 1.82) is 0 Å². The van der Waals surface area contributed by atoms with E-state index in [0.29, 0.717) is 16.1 Å². The molecule has 1 N–H and O–H groups in total. The van der Waals surface area contributed by atoms with E-state index in [1.807, 2.05) is 90.5 Å². The van der Waals surface area contributed by atoms with Crippen molar-refractivity contribution >= 4 is 34.1 Å².